The van der Waals surface area contributed by atoms with E-state index in [4.69, 9.17) is 4.74 Å². The number of aromatic nitrogens is 1. The lowest BCUT2D eigenvalue weighted by atomic mass is 10.2. The molecule has 0 aliphatic heterocycles. The Kier molecular flexibility index (Phi) is 7.09. The van der Waals surface area contributed by atoms with Crippen molar-refractivity contribution in [3.8, 4) is 0 Å². The van der Waals surface area contributed by atoms with Crippen molar-refractivity contribution in [2.24, 2.45) is 0 Å². The van der Waals surface area contributed by atoms with Gasteiger partial charge in [-0.3, -0.25) is 10.1 Å². The second kappa shape index (κ2) is 9.57. The maximum Gasteiger partial charge on any atom is 0.325 e. The van der Waals surface area contributed by atoms with Crippen LogP contribution in [0.25, 0.3) is 0 Å². The summed E-state index contributed by atoms with van der Waals surface area (Å²) in [4.78, 5) is 28.3. The van der Waals surface area contributed by atoms with Crippen molar-refractivity contribution >= 4 is 44.0 Å². The summed E-state index contributed by atoms with van der Waals surface area (Å²) >= 11 is 1.17. The van der Waals surface area contributed by atoms with Crippen LogP contribution in [0.2, 0.25) is 0 Å². The van der Waals surface area contributed by atoms with Gasteiger partial charge in [0.05, 0.1) is 34.6 Å². The lowest BCUT2D eigenvalue weighted by Crippen LogP contribution is -2.23. The van der Waals surface area contributed by atoms with Crippen LogP contribution in [0.3, 0.4) is 0 Å². The molecule has 1 aromatic heterocycles. The normalized spacial score (nSPS) is 14.5. The average molecular weight is 452 g/mol. The van der Waals surface area contributed by atoms with Crippen molar-refractivity contribution in [2.45, 2.75) is 56.1 Å². The molecular weight excluding hydrogens is 426 g/mol. The molecule has 0 spiro atoms. The maximum atomic E-state index is 13.1. The standard InChI is InChI=1S/C20H25N3O5S2/c1-3-28-18(24)11-14-12-29-20(21-14)23-19(25)22-16-9-8-13(2)10-17(16)30(26,27)15-6-4-5-7-15/h8-10,12,15H,3-7,11H2,1-2H3,(H2,21,22,23,25). The number of hydrogen-bond donors (Lipinski definition) is 2. The first-order valence-electron chi connectivity index (χ1n) is 9.82. The Morgan fingerprint density at radius 3 is 2.67 bits per heavy atom. The molecule has 2 N–H and O–H groups in total. The molecule has 30 heavy (non-hydrogen) atoms. The molecule has 1 fully saturated rings. The third-order valence-corrected chi connectivity index (χ3v) is 7.94. The van der Waals surface area contributed by atoms with E-state index in [1.54, 1.807) is 30.5 Å². The van der Waals surface area contributed by atoms with Crippen molar-refractivity contribution in [3.63, 3.8) is 0 Å². The number of benzene rings is 1. The molecule has 2 aromatic rings. The highest BCUT2D eigenvalue weighted by Crippen LogP contribution is 2.33. The number of rotatable bonds is 7. The van der Waals surface area contributed by atoms with Gasteiger partial charge >= 0.3 is 12.0 Å². The van der Waals surface area contributed by atoms with Gasteiger partial charge in [0.15, 0.2) is 15.0 Å². The lowest BCUT2D eigenvalue weighted by Gasteiger charge is -2.16. The Hall–Kier alpha value is -2.46. The molecule has 0 radical (unpaired) electrons. The van der Waals surface area contributed by atoms with E-state index in [-0.39, 0.29) is 23.0 Å². The fourth-order valence-corrected chi connectivity index (χ4v) is 6.20. The van der Waals surface area contributed by atoms with E-state index >= 15 is 0 Å². The zero-order valence-electron chi connectivity index (χ0n) is 16.9. The Morgan fingerprint density at radius 2 is 1.97 bits per heavy atom. The van der Waals surface area contributed by atoms with Gasteiger partial charge in [0.1, 0.15) is 0 Å². The third kappa shape index (κ3) is 5.37. The van der Waals surface area contributed by atoms with E-state index < -0.39 is 21.1 Å². The predicted octanol–water partition coefficient (Wildman–Crippen LogP) is 3.92. The second-order valence-corrected chi connectivity index (χ2v) is 10.2. The van der Waals surface area contributed by atoms with Gasteiger partial charge in [0, 0.05) is 5.38 Å². The molecule has 1 saturated carbocycles. The molecule has 8 nitrogen and oxygen atoms in total. The molecule has 0 bridgehead atoms. The Morgan fingerprint density at radius 1 is 1.23 bits per heavy atom. The maximum absolute atomic E-state index is 13.1. The topological polar surface area (TPSA) is 114 Å². The third-order valence-electron chi connectivity index (χ3n) is 4.84. The molecule has 2 amide bonds. The van der Waals surface area contributed by atoms with Crippen LogP contribution in [0, 0.1) is 6.92 Å². The highest BCUT2D eigenvalue weighted by Gasteiger charge is 2.32. The van der Waals surface area contributed by atoms with E-state index in [0.717, 1.165) is 18.4 Å². The quantitative estimate of drug-likeness (QED) is 0.617. The number of carbonyl (C=O) groups excluding carboxylic acids is 2. The van der Waals surface area contributed by atoms with Crippen molar-refractivity contribution in [1.29, 1.82) is 0 Å². The predicted molar refractivity (Wildman–Crippen MR) is 116 cm³/mol. The van der Waals surface area contributed by atoms with Gasteiger partial charge in [-0.1, -0.05) is 18.9 Å². The minimum Gasteiger partial charge on any atom is -0.466 e. The molecule has 1 aromatic carbocycles. The molecular formula is C20H25N3O5S2. The van der Waals surface area contributed by atoms with Gasteiger partial charge in [-0.15, -0.1) is 11.3 Å². The second-order valence-electron chi connectivity index (χ2n) is 7.16. The van der Waals surface area contributed by atoms with Crippen molar-refractivity contribution in [1.82, 2.24) is 4.98 Å². The van der Waals surface area contributed by atoms with Crippen LogP contribution in [0.15, 0.2) is 28.5 Å². The molecule has 1 aliphatic carbocycles. The number of ether oxygens (including phenoxy) is 1. The van der Waals surface area contributed by atoms with Gasteiger partial charge in [0.2, 0.25) is 0 Å². The molecule has 3 rings (SSSR count). The highest BCUT2D eigenvalue weighted by molar-refractivity contribution is 7.92. The molecule has 162 valence electrons. The smallest absolute Gasteiger partial charge is 0.325 e. The molecule has 1 aliphatic rings. The van der Waals surface area contributed by atoms with Gasteiger partial charge in [0.25, 0.3) is 0 Å². The molecule has 10 heteroatoms. The largest absolute Gasteiger partial charge is 0.466 e. The van der Waals surface area contributed by atoms with Crippen LogP contribution >= 0.6 is 11.3 Å². The van der Waals surface area contributed by atoms with Crippen LogP contribution in [-0.2, 0) is 25.8 Å². The van der Waals surface area contributed by atoms with Crippen LogP contribution < -0.4 is 10.6 Å². The molecule has 0 unspecified atom stereocenters. The molecule has 0 saturated heterocycles. The molecule has 1 heterocycles. The van der Waals surface area contributed by atoms with Gasteiger partial charge in [-0.05, 0) is 44.4 Å². The summed E-state index contributed by atoms with van der Waals surface area (Å²) in [5.41, 5.74) is 1.54. The Balaban J connectivity index is 1.71. The SMILES string of the molecule is CCOC(=O)Cc1csc(NC(=O)Nc2ccc(C)cc2S(=O)(=O)C2CCCC2)n1. The minimum atomic E-state index is -3.53. The fourth-order valence-electron chi connectivity index (χ4n) is 3.40. The summed E-state index contributed by atoms with van der Waals surface area (Å²) in [6.45, 7) is 3.83. The van der Waals surface area contributed by atoms with Gasteiger partial charge in [-0.25, -0.2) is 18.2 Å². The number of amides is 2. The van der Waals surface area contributed by atoms with Gasteiger partial charge in [-0.2, -0.15) is 0 Å². The summed E-state index contributed by atoms with van der Waals surface area (Å²) in [5.74, 6) is -0.389. The number of carbonyl (C=O) groups is 2. The first-order chi connectivity index (χ1) is 14.3. The first kappa shape index (κ1) is 22.2. The van der Waals surface area contributed by atoms with Crippen LogP contribution in [-0.4, -0.2) is 37.3 Å². The van der Waals surface area contributed by atoms with Crippen molar-refractivity contribution in [3.05, 3.63) is 34.8 Å². The summed E-state index contributed by atoms with van der Waals surface area (Å²) in [6, 6.07) is 4.36. The number of anilines is 2. The molecule has 0 atom stereocenters. The summed E-state index contributed by atoms with van der Waals surface area (Å²) in [7, 11) is -3.53. The minimum absolute atomic E-state index is 0.0232. The number of hydrogen-bond acceptors (Lipinski definition) is 7. The summed E-state index contributed by atoms with van der Waals surface area (Å²) < 4.78 is 31.0. The zero-order valence-corrected chi connectivity index (χ0v) is 18.6. The summed E-state index contributed by atoms with van der Waals surface area (Å²) in [5, 5.41) is 6.78. The fraction of sp³-hybridized carbons (Fsp3) is 0.450. The Labute approximate surface area is 180 Å². The van der Waals surface area contributed by atoms with Crippen LogP contribution in [0.5, 0.6) is 0 Å². The van der Waals surface area contributed by atoms with E-state index in [1.807, 2.05) is 6.92 Å². The number of nitrogens with one attached hydrogen (secondary N) is 2. The Bertz CT molecular complexity index is 1030. The van der Waals surface area contributed by atoms with E-state index in [9.17, 15) is 18.0 Å². The van der Waals surface area contributed by atoms with Crippen molar-refractivity contribution < 1.29 is 22.7 Å². The number of nitrogens with zero attached hydrogens (tertiary/aromatic N) is 1. The van der Waals surface area contributed by atoms with E-state index in [2.05, 4.69) is 15.6 Å². The van der Waals surface area contributed by atoms with Crippen molar-refractivity contribution in [2.75, 3.05) is 17.2 Å². The number of thiazole rings is 1. The van der Waals surface area contributed by atoms with E-state index in [0.29, 0.717) is 30.3 Å². The van der Waals surface area contributed by atoms with E-state index in [1.165, 1.54) is 11.3 Å². The lowest BCUT2D eigenvalue weighted by molar-refractivity contribution is -0.142. The number of sulfone groups is 1. The average Bonchev–Trinajstić information content (AvgIpc) is 3.36. The van der Waals surface area contributed by atoms with Crippen LogP contribution in [0.4, 0.5) is 15.6 Å². The number of urea groups is 1. The highest BCUT2D eigenvalue weighted by atomic mass is 32.2. The van der Waals surface area contributed by atoms with Gasteiger partial charge < -0.3 is 10.1 Å². The first-order valence-corrected chi connectivity index (χ1v) is 12.2. The monoisotopic (exact) mass is 451 g/mol. The van der Waals surface area contributed by atoms with Crippen LogP contribution in [0.1, 0.15) is 43.9 Å². The zero-order chi connectivity index (χ0) is 21.7. The summed E-state index contributed by atoms with van der Waals surface area (Å²) in [6.07, 6.45) is 3.11. The number of esters is 1. The number of aryl methyl sites for hydroxylation is 1.